The molecule has 4 rings (SSSR count). The third-order valence-corrected chi connectivity index (χ3v) is 5.52. The van der Waals surface area contributed by atoms with E-state index in [4.69, 9.17) is 4.74 Å². The van der Waals surface area contributed by atoms with Crippen molar-refractivity contribution in [1.82, 2.24) is 14.8 Å². The number of fused-ring (bicyclic) bond motifs is 1. The van der Waals surface area contributed by atoms with Gasteiger partial charge in [-0.3, -0.25) is 9.69 Å². The van der Waals surface area contributed by atoms with E-state index in [0.29, 0.717) is 12.4 Å². The molecule has 0 aliphatic carbocycles. The van der Waals surface area contributed by atoms with Gasteiger partial charge in [-0.2, -0.15) is 10.1 Å². The van der Waals surface area contributed by atoms with Crippen molar-refractivity contribution in [2.45, 2.75) is 44.7 Å². The number of hydrogen-bond donors (Lipinski definition) is 0. The molecule has 6 nitrogen and oxygen atoms in total. The molecule has 0 N–H and O–H groups in total. The van der Waals surface area contributed by atoms with Crippen LogP contribution in [-0.2, 0) is 4.79 Å². The molecule has 1 aromatic heterocycles. The van der Waals surface area contributed by atoms with Crippen molar-refractivity contribution in [3.8, 4) is 5.75 Å². The normalized spacial score (nSPS) is 18.3. The van der Waals surface area contributed by atoms with Crippen molar-refractivity contribution in [1.29, 1.82) is 0 Å². The first kappa shape index (κ1) is 19.2. The lowest BCUT2D eigenvalue weighted by atomic mass is 9.91. The first-order valence-electron chi connectivity index (χ1n) is 10.1. The zero-order valence-electron chi connectivity index (χ0n) is 16.9. The maximum Gasteiger partial charge on any atom is 0.231 e. The van der Waals surface area contributed by atoms with E-state index in [1.54, 1.807) is 13.4 Å². The molecule has 1 amide bonds. The average molecular weight is 390 g/mol. The fraction of sp³-hybridized carbons (Fsp3) is 0.348. The van der Waals surface area contributed by atoms with Gasteiger partial charge in [0.25, 0.3) is 0 Å². The van der Waals surface area contributed by atoms with Gasteiger partial charge >= 0.3 is 0 Å². The molecule has 2 atom stereocenters. The number of nitrogens with zero attached hydrogens (tertiary/aromatic N) is 4. The first-order valence-corrected chi connectivity index (χ1v) is 10.1. The van der Waals surface area contributed by atoms with E-state index in [1.165, 1.54) is 0 Å². The number of carbonyl (C=O) groups excluding carboxylic acids is 1. The molecule has 2 aromatic carbocycles. The Labute approximate surface area is 171 Å². The number of unbranched alkanes of at least 4 members (excludes halogenated alkanes) is 1. The number of aromatic nitrogens is 3. The summed E-state index contributed by atoms with van der Waals surface area (Å²) in [5.41, 5.74) is 2.24. The number of hydrogen-bond acceptors (Lipinski definition) is 4. The fourth-order valence-corrected chi connectivity index (χ4v) is 3.99. The number of methoxy groups -OCH3 is 1. The number of rotatable bonds is 6. The Bertz CT molecular complexity index is 953. The Morgan fingerprint density at radius 2 is 1.79 bits per heavy atom. The largest absolute Gasteiger partial charge is 0.497 e. The van der Waals surface area contributed by atoms with Crippen LogP contribution in [0.4, 0.5) is 5.95 Å². The molecule has 6 heteroatoms. The molecule has 1 aliphatic rings. The molecule has 0 bridgehead atoms. The molecule has 0 radical (unpaired) electrons. The third kappa shape index (κ3) is 3.75. The lowest BCUT2D eigenvalue weighted by molar-refractivity contribution is -0.119. The van der Waals surface area contributed by atoms with Crippen molar-refractivity contribution in [2.24, 2.45) is 0 Å². The molecule has 29 heavy (non-hydrogen) atoms. The lowest BCUT2D eigenvalue weighted by Crippen LogP contribution is -2.42. The predicted molar refractivity (Wildman–Crippen MR) is 112 cm³/mol. The van der Waals surface area contributed by atoms with Gasteiger partial charge in [0.15, 0.2) is 0 Å². The van der Waals surface area contributed by atoms with E-state index in [2.05, 4.69) is 41.3 Å². The van der Waals surface area contributed by atoms with E-state index in [0.717, 1.165) is 36.1 Å². The van der Waals surface area contributed by atoms with E-state index in [9.17, 15) is 4.79 Å². The summed E-state index contributed by atoms with van der Waals surface area (Å²) in [4.78, 5) is 19.5. The van der Waals surface area contributed by atoms with E-state index >= 15 is 0 Å². The number of amides is 1. The van der Waals surface area contributed by atoms with Gasteiger partial charge in [0, 0.05) is 6.42 Å². The van der Waals surface area contributed by atoms with Gasteiger partial charge in [-0.15, -0.1) is 0 Å². The minimum atomic E-state index is -0.0793. The molecule has 0 saturated carbocycles. The summed E-state index contributed by atoms with van der Waals surface area (Å²) >= 11 is 0. The van der Waals surface area contributed by atoms with Crippen LogP contribution in [0.3, 0.4) is 0 Å². The Hall–Kier alpha value is -3.15. The van der Waals surface area contributed by atoms with Crippen molar-refractivity contribution in [2.75, 3.05) is 12.0 Å². The van der Waals surface area contributed by atoms with Crippen LogP contribution in [0, 0.1) is 0 Å². The zero-order valence-corrected chi connectivity index (χ0v) is 16.9. The van der Waals surface area contributed by atoms with Crippen molar-refractivity contribution < 1.29 is 9.53 Å². The Morgan fingerprint density at radius 1 is 1.07 bits per heavy atom. The van der Waals surface area contributed by atoms with E-state index < -0.39 is 0 Å². The van der Waals surface area contributed by atoms with Crippen molar-refractivity contribution >= 4 is 11.9 Å². The number of ether oxygens (including phenoxy) is 1. The number of carbonyl (C=O) groups is 1. The number of benzene rings is 2. The molecular weight excluding hydrogens is 364 g/mol. The fourth-order valence-electron chi connectivity index (χ4n) is 3.99. The highest BCUT2D eigenvalue weighted by Crippen LogP contribution is 2.42. The second-order valence-corrected chi connectivity index (χ2v) is 7.32. The Kier molecular flexibility index (Phi) is 5.60. The Morgan fingerprint density at radius 3 is 2.48 bits per heavy atom. The van der Waals surface area contributed by atoms with Gasteiger partial charge < -0.3 is 4.74 Å². The summed E-state index contributed by atoms with van der Waals surface area (Å²) in [5.74, 6) is 1.54. The minimum absolute atomic E-state index is 0.00108. The summed E-state index contributed by atoms with van der Waals surface area (Å²) in [6.07, 6.45) is 4.65. The van der Waals surface area contributed by atoms with Gasteiger partial charge in [0.05, 0.1) is 19.2 Å². The first-order chi connectivity index (χ1) is 14.2. The minimum Gasteiger partial charge on any atom is -0.497 e. The van der Waals surface area contributed by atoms with Crippen molar-refractivity contribution in [3.05, 3.63) is 72.1 Å². The van der Waals surface area contributed by atoms with Gasteiger partial charge in [-0.05, 0) is 36.1 Å². The summed E-state index contributed by atoms with van der Waals surface area (Å²) in [5, 5.41) is 4.48. The molecule has 0 unspecified atom stereocenters. The average Bonchev–Trinajstić information content (AvgIpc) is 3.26. The van der Waals surface area contributed by atoms with Gasteiger partial charge in [-0.1, -0.05) is 55.8 Å². The van der Waals surface area contributed by atoms with E-state index in [-0.39, 0.29) is 18.0 Å². The van der Waals surface area contributed by atoms with Gasteiger partial charge in [0.1, 0.15) is 12.1 Å². The van der Waals surface area contributed by atoms with Crippen LogP contribution in [0.15, 0.2) is 60.9 Å². The summed E-state index contributed by atoms with van der Waals surface area (Å²) in [6.45, 7) is 2.10. The molecule has 150 valence electrons. The van der Waals surface area contributed by atoms with Gasteiger partial charge in [0.2, 0.25) is 11.9 Å². The van der Waals surface area contributed by atoms with Crippen molar-refractivity contribution in [3.63, 3.8) is 0 Å². The quantitative estimate of drug-likeness (QED) is 0.620. The molecule has 0 fully saturated rings. The van der Waals surface area contributed by atoms with Crippen LogP contribution in [0.1, 0.15) is 55.8 Å². The van der Waals surface area contributed by atoms with Crippen LogP contribution in [0.2, 0.25) is 0 Å². The van der Waals surface area contributed by atoms with Crippen LogP contribution in [-0.4, -0.2) is 27.8 Å². The van der Waals surface area contributed by atoms with Crippen LogP contribution < -0.4 is 9.64 Å². The SMILES string of the molecule is CCCCC(=O)N1c2ncnn2[C@H](c2ccc(OC)cc2)C[C@@H]1c1ccccc1. The molecule has 2 heterocycles. The highest BCUT2D eigenvalue weighted by molar-refractivity contribution is 5.92. The molecule has 3 aromatic rings. The maximum atomic E-state index is 13.2. The maximum absolute atomic E-state index is 13.2. The highest BCUT2D eigenvalue weighted by atomic mass is 16.5. The lowest BCUT2D eigenvalue weighted by Gasteiger charge is -2.39. The van der Waals surface area contributed by atoms with Crippen LogP contribution >= 0.6 is 0 Å². The highest BCUT2D eigenvalue weighted by Gasteiger charge is 2.38. The molecule has 0 saturated heterocycles. The summed E-state index contributed by atoms with van der Waals surface area (Å²) in [6, 6.07) is 18.2. The molecule has 1 aliphatic heterocycles. The smallest absolute Gasteiger partial charge is 0.231 e. The van der Waals surface area contributed by atoms with Crippen LogP contribution in [0.5, 0.6) is 5.75 Å². The zero-order chi connectivity index (χ0) is 20.2. The number of anilines is 1. The monoisotopic (exact) mass is 390 g/mol. The predicted octanol–water partition coefficient (Wildman–Crippen LogP) is 4.54. The topological polar surface area (TPSA) is 60.2 Å². The Balaban J connectivity index is 1.77. The summed E-state index contributed by atoms with van der Waals surface area (Å²) < 4.78 is 7.18. The summed E-state index contributed by atoms with van der Waals surface area (Å²) in [7, 11) is 1.66. The third-order valence-electron chi connectivity index (χ3n) is 5.52. The van der Waals surface area contributed by atoms with Gasteiger partial charge in [-0.25, -0.2) is 4.68 Å². The standard InChI is InChI=1S/C23H26N4O2/c1-3-4-10-22(28)26-20(17-8-6-5-7-9-17)15-21(27-23(26)24-16-25-27)18-11-13-19(29-2)14-12-18/h5-9,11-14,16,20-21H,3-4,10,15H2,1-2H3/t20-,21+/m1/s1. The molecular formula is C23H26N4O2. The van der Waals surface area contributed by atoms with Crippen LogP contribution in [0.25, 0.3) is 0 Å². The second-order valence-electron chi connectivity index (χ2n) is 7.32. The molecule has 0 spiro atoms. The van der Waals surface area contributed by atoms with E-state index in [1.807, 2.05) is 39.9 Å². The second kappa shape index (κ2) is 8.47.